The molecule has 2 aromatic heterocycles. The van der Waals surface area contributed by atoms with Gasteiger partial charge in [0.25, 0.3) is 5.89 Å². The predicted octanol–water partition coefficient (Wildman–Crippen LogP) is 2.97. The summed E-state index contributed by atoms with van der Waals surface area (Å²) >= 11 is 0. The van der Waals surface area contributed by atoms with Crippen LogP contribution in [0, 0.1) is 12.7 Å². The minimum atomic E-state index is -0.248. The van der Waals surface area contributed by atoms with E-state index in [9.17, 15) is 4.39 Å². The Kier molecular flexibility index (Phi) is 3.86. The Labute approximate surface area is 138 Å². The summed E-state index contributed by atoms with van der Waals surface area (Å²) in [6, 6.07) is 6.99. The number of nitrogens with one attached hydrogen (secondary N) is 1. The van der Waals surface area contributed by atoms with Gasteiger partial charge in [-0.05, 0) is 56.1 Å². The van der Waals surface area contributed by atoms with Crippen LogP contribution in [-0.4, -0.2) is 33.0 Å². The minimum absolute atomic E-state index is 0.248. The second kappa shape index (κ2) is 6.16. The van der Waals surface area contributed by atoms with E-state index in [0.717, 1.165) is 31.5 Å². The largest absolute Gasteiger partial charge is 0.332 e. The summed E-state index contributed by atoms with van der Waals surface area (Å²) in [7, 11) is 0. The SMILES string of the molecule is Cc1cc(-c2noc(-c3ccn(C4CCCNC4)n3)n2)ccc1F. The van der Waals surface area contributed by atoms with Crippen LogP contribution < -0.4 is 5.32 Å². The van der Waals surface area contributed by atoms with Crippen LogP contribution in [0.3, 0.4) is 0 Å². The highest BCUT2D eigenvalue weighted by Crippen LogP contribution is 2.24. The molecule has 124 valence electrons. The quantitative estimate of drug-likeness (QED) is 0.801. The normalized spacial score (nSPS) is 18.0. The van der Waals surface area contributed by atoms with Crippen LogP contribution in [0.4, 0.5) is 4.39 Å². The summed E-state index contributed by atoms with van der Waals surface area (Å²) in [6.07, 6.45) is 4.20. The van der Waals surface area contributed by atoms with Gasteiger partial charge in [-0.1, -0.05) is 5.16 Å². The molecule has 0 aliphatic carbocycles. The molecular formula is C17H18FN5O. The molecule has 0 saturated carbocycles. The molecule has 6 nitrogen and oxygen atoms in total. The van der Waals surface area contributed by atoms with Crippen LogP contribution in [-0.2, 0) is 0 Å². The van der Waals surface area contributed by atoms with Gasteiger partial charge in [-0.15, -0.1) is 0 Å². The molecule has 0 bridgehead atoms. The minimum Gasteiger partial charge on any atom is -0.332 e. The lowest BCUT2D eigenvalue weighted by molar-refractivity contribution is 0.346. The number of hydrogen-bond donors (Lipinski definition) is 1. The van der Waals surface area contributed by atoms with E-state index in [-0.39, 0.29) is 5.82 Å². The number of benzene rings is 1. The number of nitrogens with zero attached hydrogens (tertiary/aromatic N) is 4. The molecule has 4 rings (SSSR count). The first-order chi connectivity index (χ1) is 11.7. The molecule has 0 spiro atoms. The van der Waals surface area contributed by atoms with Crippen molar-refractivity contribution in [1.29, 1.82) is 0 Å². The smallest absolute Gasteiger partial charge is 0.278 e. The molecule has 0 amide bonds. The Morgan fingerprint density at radius 3 is 3.04 bits per heavy atom. The number of aryl methyl sites for hydroxylation is 1. The van der Waals surface area contributed by atoms with E-state index >= 15 is 0 Å². The van der Waals surface area contributed by atoms with E-state index in [4.69, 9.17) is 4.52 Å². The van der Waals surface area contributed by atoms with Gasteiger partial charge < -0.3 is 9.84 Å². The molecule has 0 radical (unpaired) electrons. The number of hydrogen-bond acceptors (Lipinski definition) is 5. The van der Waals surface area contributed by atoms with Gasteiger partial charge in [0, 0.05) is 18.3 Å². The summed E-state index contributed by atoms with van der Waals surface area (Å²) in [5.74, 6) is 0.554. The van der Waals surface area contributed by atoms with Gasteiger partial charge in [-0.25, -0.2) is 4.39 Å². The number of rotatable bonds is 3. The fourth-order valence-electron chi connectivity index (χ4n) is 2.94. The van der Waals surface area contributed by atoms with Gasteiger partial charge in [0.1, 0.15) is 5.82 Å². The molecule has 1 aromatic carbocycles. The van der Waals surface area contributed by atoms with Gasteiger partial charge in [-0.3, -0.25) is 4.68 Å². The lowest BCUT2D eigenvalue weighted by atomic mass is 10.1. The first-order valence-electron chi connectivity index (χ1n) is 8.07. The van der Waals surface area contributed by atoms with Crippen molar-refractivity contribution < 1.29 is 8.91 Å². The molecule has 24 heavy (non-hydrogen) atoms. The van der Waals surface area contributed by atoms with Crippen LogP contribution in [0.25, 0.3) is 23.0 Å². The van der Waals surface area contributed by atoms with E-state index in [1.54, 1.807) is 19.1 Å². The van der Waals surface area contributed by atoms with E-state index in [2.05, 4.69) is 20.6 Å². The summed E-state index contributed by atoms with van der Waals surface area (Å²) in [5.41, 5.74) is 1.92. The van der Waals surface area contributed by atoms with Crippen molar-refractivity contribution in [2.24, 2.45) is 0 Å². The molecule has 3 aromatic rings. The van der Waals surface area contributed by atoms with Crippen LogP contribution in [0.5, 0.6) is 0 Å². The van der Waals surface area contributed by atoms with Gasteiger partial charge in [0.05, 0.1) is 6.04 Å². The van der Waals surface area contributed by atoms with Crippen molar-refractivity contribution in [1.82, 2.24) is 25.2 Å². The van der Waals surface area contributed by atoms with E-state index in [1.807, 2.05) is 16.9 Å². The van der Waals surface area contributed by atoms with Crippen LogP contribution >= 0.6 is 0 Å². The molecule has 1 aliphatic heterocycles. The van der Waals surface area contributed by atoms with Crippen molar-refractivity contribution in [2.45, 2.75) is 25.8 Å². The molecule has 1 saturated heterocycles. The molecule has 7 heteroatoms. The van der Waals surface area contributed by atoms with Crippen LogP contribution in [0.2, 0.25) is 0 Å². The van der Waals surface area contributed by atoms with Crippen LogP contribution in [0.1, 0.15) is 24.4 Å². The summed E-state index contributed by atoms with van der Waals surface area (Å²) in [6.45, 7) is 3.69. The maximum absolute atomic E-state index is 13.4. The number of halogens is 1. The summed E-state index contributed by atoms with van der Waals surface area (Å²) in [4.78, 5) is 4.39. The van der Waals surface area contributed by atoms with E-state index in [1.165, 1.54) is 6.07 Å². The number of aromatic nitrogens is 4. The number of piperidine rings is 1. The first-order valence-corrected chi connectivity index (χ1v) is 8.07. The standard InChI is InChI=1S/C17H18FN5O/c1-11-9-12(4-5-14(11)18)16-20-17(24-22-16)15-6-8-23(21-15)13-3-2-7-19-10-13/h4-6,8-9,13,19H,2-3,7,10H2,1H3. The lowest BCUT2D eigenvalue weighted by Crippen LogP contribution is -2.31. The van der Waals surface area contributed by atoms with Crippen molar-refractivity contribution >= 4 is 0 Å². The zero-order chi connectivity index (χ0) is 16.5. The average molecular weight is 327 g/mol. The summed E-state index contributed by atoms with van der Waals surface area (Å²) < 4.78 is 20.7. The highest BCUT2D eigenvalue weighted by atomic mass is 19.1. The molecule has 1 unspecified atom stereocenters. The maximum atomic E-state index is 13.4. The van der Waals surface area contributed by atoms with Gasteiger partial charge in [-0.2, -0.15) is 10.1 Å². The van der Waals surface area contributed by atoms with Crippen LogP contribution in [0.15, 0.2) is 35.0 Å². The molecule has 1 N–H and O–H groups in total. The maximum Gasteiger partial charge on any atom is 0.278 e. The second-order valence-corrected chi connectivity index (χ2v) is 6.07. The first kappa shape index (κ1) is 15.0. The highest BCUT2D eigenvalue weighted by molar-refractivity contribution is 5.58. The summed E-state index contributed by atoms with van der Waals surface area (Å²) in [5, 5.41) is 11.9. The zero-order valence-electron chi connectivity index (χ0n) is 13.4. The fraction of sp³-hybridized carbons (Fsp3) is 0.353. The van der Waals surface area contributed by atoms with Gasteiger partial charge >= 0.3 is 0 Å². The van der Waals surface area contributed by atoms with Crippen molar-refractivity contribution in [2.75, 3.05) is 13.1 Å². The topological polar surface area (TPSA) is 68.8 Å². The average Bonchev–Trinajstić information content (AvgIpc) is 3.27. The molecular weight excluding hydrogens is 309 g/mol. The van der Waals surface area contributed by atoms with Crippen molar-refractivity contribution in [3.63, 3.8) is 0 Å². The Bertz CT molecular complexity index is 850. The van der Waals surface area contributed by atoms with Gasteiger partial charge in [0.15, 0.2) is 5.69 Å². The van der Waals surface area contributed by atoms with Crippen molar-refractivity contribution in [3.05, 3.63) is 41.8 Å². The molecule has 1 aliphatic rings. The monoisotopic (exact) mass is 327 g/mol. The molecule has 1 atom stereocenters. The van der Waals surface area contributed by atoms with Gasteiger partial charge in [0.2, 0.25) is 5.82 Å². The molecule has 1 fully saturated rings. The second-order valence-electron chi connectivity index (χ2n) is 6.07. The fourth-order valence-corrected chi connectivity index (χ4v) is 2.94. The predicted molar refractivity (Wildman–Crippen MR) is 86.8 cm³/mol. The molecule has 3 heterocycles. The van der Waals surface area contributed by atoms with E-state index in [0.29, 0.717) is 29.0 Å². The van der Waals surface area contributed by atoms with Crippen molar-refractivity contribution in [3.8, 4) is 23.0 Å². The third-order valence-electron chi connectivity index (χ3n) is 4.31. The Morgan fingerprint density at radius 2 is 2.25 bits per heavy atom. The lowest BCUT2D eigenvalue weighted by Gasteiger charge is -2.22. The Balaban J connectivity index is 1.58. The Morgan fingerprint density at radius 1 is 1.33 bits per heavy atom. The highest BCUT2D eigenvalue weighted by Gasteiger charge is 2.18. The van der Waals surface area contributed by atoms with E-state index < -0.39 is 0 Å². The third-order valence-corrected chi connectivity index (χ3v) is 4.31. The third kappa shape index (κ3) is 2.82. The zero-order valence-corrected chi connectivity index (χ0v) is 13.4. The Hall–Kier alpha value is -2.54.